The molecule has 27 heavy (non-hydrogen) atoms. The van der Waals surface area contributed by atoms with E-state index in [-0.39, 0.29) is 29.3 Å². The normalized spacial score (nSPS) is 51.0. The molecule has 148 valence electrons. The van der Waals surface area contributed by atoms with Crippen LogP contribution in [0.15, 0.2) is 27.7 Å². The van der Waals surface area contributed by atoms with Gasteiger partial charge in [-0.05, 0) is 80.5 Å². The Morgan fingerprint density at radius 3 is 2.59 bits per heavy atom. The maximum absolute atomic E-state index is 12.0. The van der Waals surface area contributed by atoms with Crippen LogP contribution in [-0.4, -0.2) is 18.1 Å². The van der Waals surface area contributed by atoms with E-state index in [4.69, 9.17) is 0 Å². The molecule has 0 bridgehead atoms. The first-order valence-electron chi connectivity index (χ1n) is 10.6. The summed E-state index contributed by atoms with van der Waals surface area (Å²) >= 11 is 0. The van der Waals surface area contributed by atoms with Gasteiger partial charge in [-0.2, -0.15) is 14.7 Å². The zero-order chi connectivity index (χ0) is 19.3. The lowest BCUT2D eigenvalue weighted by Crippen LogP contribution is -2.59. The molecule has 3 fully saturated rings. The van der Waals surface area contributed by atoms with E-state index in [0.29, 0.717) is 37.0 Å². The lowest BCUT2D eigenvalue weighted by atomic mass is 9.44. The summed E-state index contributed by atoms with van der Waals surface area (Å²) in [5.41, 5.74) is -1.11. The summed E-state index contributed by atoms with van der Waals surface area (Å²) in [5, 5.41) is 10.3. The highest BCUT2D eigenvalue weighted by Crippen LogP contribution is 2.69. The lowest BCUT2D eigenvalue weighted by Gasteiger charge is -2.61. The smallest absolute Gasteiger partial charge is 0.110 e. The minimum atomic E-state index is -0.778. The molecule has 0 saturated heterocycles. The van der Waals surface area contributed by atoms with E-state index in [1.165, 1.54) is 12.8 Å². The molecular weight excluding hydrogens is 342 g/mol. The van der Waals surface area contributed by atoms with Crippen molar-refractivity contribution in [1.29, 1.82) is 0 Å². The van der Waals surface area contributed by atoms with Gasteiger partial charge in [0.05, 0.1) is 12.6 Å². The van der Waals surface area contributed by atoms with Crippen molar-refractivity contribution < 1.29 is 0 Å². The molecule has 0 heterocycles. The average Bonchev–Trinajstić information content (AvgIpc) is 2.97. The molecule has 8 atom stereocenters. The SMILES string of the molecule is CC12C=CCC[C@@H]1CCC1C2C(N=O)CC2(C)C1CC[C@@]2(CCN=O)N=O. The van der Waals surface area contributed by atoms with Crippen LogP contribution in [0.4, 0.5) is 0 Å². The molecule has 0 aromatic carbocycles. The lowest BCUT2D eigenvalue weighted by molar-refractivity contribution is -0.0949. The number of hydrogen-bond acceptors (Lipinski definition) is 6. The first-order chi connectivity index (χ1) is 13.0. The maximum atomic E-state index is 12.0. The summed E-state index contributed by atoms with van der Waals surface area (Å²) in [4.78, 5) is 34.8. The van der Waals surface area contributed by atoms with E-state index in [1.807, 2.05) is 0 Å². The van der Waals surface area contributed by atoms with Gasteiger partial charge >= 0.3 is 0 Å². The fraction of sp³-hybridized carbons (Fsp3) is 0.905. The van der Waals surface area contributed by atoms with Crippen molar-refractivity contribution in [1.82, 2.24) is 0 Å². The van der Waals surface area contributed by atoms with Crippen LogP contribution in [0, 0.1) is 49.2 Å². The zero-order valence-electron chi connectivity index (χ0n) is 16.5. The van der Waals surface area contributed by atoms with E-state index in [1.54, 1.807) is 0 Å². The second-order valence-corrected chi connectivity index (χ2v) is 9.97. The van der Waals surface area contributed by atoms with Gasteiger partial charge in [0, 0.05) is 5.41 Å². The minimum Gasteiger partial charge on any atom is -0.151 e. The Labute approximate surface area is 160 Å². The summed E-state index contributed by atoms with van der Waals surface area (Å²) in [5.74, 6) is 1.67. The van der Waals surface area contributed by atoms with Gasteiger partial charge < -0.3 is 0 Å². The fourth-order valence-electron chi connectivity index (χ4n) is 7.98. The van der Waals surface area contributed by atoms with Gasteiger partial charge in [0.15, 0.2) is 0 Å². The molecule has 6 heteroatoms. The molecular formula is C21H31N3O3. The van der Waals surface area contributed by atoms with Gasteiger partial charge in [0.1, 0.15) is 5.54 Å². The fourth-order valence-corrected chi connectivity index (χ4v) is 7.98. The molecule has 0 spiro atoms. The molecule has 6 unspecified atom stereocenters. The second kappa shape index (κ2) is 6.56. The van der Waals surface area contributed by atoms with E-state index < -0.39 is 5.54 Å². The van der Waals surface area contributed by atoms with Crippen molar-refractivity contribution in [2.45, 2.75) is 76.8 Å². The van der Waals surface area contributed by atoms with E-state index in [9.17, 15) is 14.7 Å². The highest BCUT2D eigenvalue weighted by Gasteiger charge is 2.68. The quantitative estimate of drug-likeness (QED) is 0.464. The van der Waals surface area contributed by atoms with Gasteiger partial charge in [0.2, 0.25) is 0 Å². The van der Waals surface area contributed by atoms with Gasteiger partial charge in [-0.3, -0.25) is 0 Å². The molecule has 6 nitrogen and oxygen atoms in total. The van der Waals surface area contributed by atoms with Crippen molar-refractivity contribution >= 4 is 0 Å². The Morgan fingerprint density at radius 1 is 1.07 bits per heavy atom. The zero-order valence-corrected chi connectivity index (χ0v) is 16.5. The number of fused-ring (bicyclic) bond motifs is 5. The molecule has 0 aromatic heterocycles. The van der Waals surface area contributed by atoms with Crippen LogP contribution in [0.5, 0.6) is 0 Å². The Balaban J connectivity index is 1.75. The van der Waals surface area contributed by atoms with Gasteiger partial charge in [0.25, 0.3) is 0 Å². The third-order valence-corrected chi connectivity index (χ3v) is 9.31. The Morgan fingerprint density at radius 2 is 1.89 bits per heavy atom. The summed E-state index contributed by atoms with van der Waals surface area (Å²) in [6, 6.07) is -0.282. The third kappa shape index (κ3) is 2.44. The van der Waals surface area contributed by atoms with E-state index in [2.05, 4.69) is 41.5 Å². The third-order valence-electron chi connectivity index (χ3n) is 9.31. The van der Waals surface area contributed by atoms with Crippen LogP contribution in [0.3, 0.4) is 0 Å². The molecule has 4 aliphatic carbocycles. The molecule has 0 aromatic rings. The summed E-state index contributed by atoms with van der Waals surface area (Å²) in [7, 11) is 0. The highest BCUT2D eigenvalue weighted by molar-refractivity contribution is 5.22. The standard InChI is InChI=1S/C21H31N3O3/c1-19-9-4-3-5-14(19)6-7-15-16-8-10-21(24-27,11-12-22-25)20(16,2)13-17(23-26)18(15)19/h4,9,14-18H,3,5-8,10-13H2,1-2H3/t14-,15?,16?,17?,18?,19?,20?,21+/m1/s1. The number of hydrogen-bond donors (Lipinski definition) is 0. The van der Waals surface area contributed by atoms with Gasteiger partial charge in [-0.1, -0.05) is 41.5 Å². The van der Waals surface area contributed by atoms with Crippen LogP contribution >= 0.6 is 0 Å². The van der Waals surface area contributed by atoms with E-state index >= 15 is 0 Å². The number of nitrogens with zero attached hydrogens (tertiary/aromatic N) is 3. The van der Waals surface area contributed by atoms with Crippen LogP contribution in [-0.2, 0) is 0 Å². The summed E-state index contributed by atoms with van der Waals surface area (Å²) in [6.45, 7) is 4.59. The topological polar surface area (TPSA) is 88.3 Å². The second-order valence-electron chi connectivity index (χ2n) is 9.97. The molecule has 0 N–H and O–H groups in total. The van der Waals surface area contributed by atoms with Crippen molar-refractivity contribution in [3.63, 3.8) is 0 Å². The van der Waals surface area contributed by atoms with Gasteiger partial charge in [-0.25, -0.2) is 0 Å². The van der Waals surface area contributed by atoms with Crippen molar-refractivity contribution in [3.05, 3.63) is 26.9 Å². The number of allylic oxidation sites excluding steroid dienone is 2. The Bertz CT molecular complexity index is 667. The first kappa shape index (κ1) is 18.9. The predicted molar refractivity (Wildman–Crippen MR) is 105 cm³/mol. The van der Waals surface area contributed by atoms with Crippen LogP contribution < -0.4 is 0 Å². The van der Waals surface area contributed by atoms with Crippen LogP contribution in [0.1, 0.15) is 65.2 Å². The molecule has 4 rings (SSSR count). The average molecular weight is 373 g/mol. The molecule has 4 aliphatic rings. The predicted octanol–water partition coefficient (Wildman–Crippen LogP) is 5.60. The van der Waals surface area contributed by atoms with E-state index in [0.717, 1.165) is 19.3 Å². The highest BCUT2D eigenvalue weighted by atomic mass is 16.3. The number of rotatable bonds is 5. The molecule has 0 amide bonds. The Kier molecular flexibility index (Phi) is 4.59. The summed E-state index contributed by atoms with van der Waals surface area (Å²) in [6.07, 6.45) is 12.0. The van der Waals surface area contributed by atoms with Crippen molar-refractivity contribution in [2.24, 2.45) is 50.0 Å². The number of nitroso groups, excluding NO2 is 3. The largest absolute Gasteiger partial charge is 0.151 e. The first-order valence-corrected chi connectivity index (χ1v) is 10.6. The van der Waals surface area contributed by atoms with Crippen molar-refractivity contribution in [3.8, 4) is 0 Å². The maximum Gasteiger partial charge on any atom is 0.110 e. The molecule has 3 saturated carbocycles. The van der Waals surface area contributed by atoms with Crippen LogP contribution in [0.2, 0.25) is 0 Å². The summed E-state index contributed by atoms with van der Waals surface area (Å²) < 4.78 is 0. The molecule has 0 aliphatic heterocycles. The van der Waals surface area contributed by atoms with Gasteiger partial charge in [-0.15, -0.1) is 0 Å². The monoisotopic (exact) mass is 373 g/mol. The minimum absolute atomic E-state index is 0.0330. The van der Waals surface area contributed by atoms with Crippen molar-refractivity contribution in [2.75, 3.05) is 6.54 Å². The molecule has 0 radical (unpaired) electrons. The Hall–Kier alpha value is -1.46. The van der Waals surface area contributed by atoms with Crippen LogP contribution in [0.25, 0.3) is 0 Å².